The van der Waals surface area contributed by atoms with E-state index in [1.807, 2.05) is 12.3 Å². The highest BCUT2D eigenvalue weighted by Crippen LogP contribution is 2.38. The molecule has 0 bridgehead atoms. The van der Waals surface area contributed by atoms with Crippen LogP contribution in [0, 0.1) is 0 Å². The van der Waals surface area contributed by atoms with E-state index >= 15 is 0 Å². The summed E-state index contributed by atoms with van der Waals surface area (Å²) in [5.74, 6) is 2.54. The molecular formula is C15H22N4O. The van der Waals surface area contributed by atoms with Crippen molar-refractivity contribution in [2.75, 3.05) is 31.6 Å². The van der Waals surface area contributed by atoms with Gasteiger partial charge in [0.2, 0.25) is 0 Å². The van der Waals surface area contributed by atoms with Gasteiger partial charge >= 0.3 is 0 Å². The predicted octanol–water partition coefficient (Wildman–Crippen LogP) is 1.63. The standard InChI is InChI=1S/C15H22N4O/c1-2-11(1)15-16-6-5-14(18-15)17-9-13-10-19(7-8-20-13)12-3-4-12/h5-6,11-13H,1-4,7-10H2,(H,16,17,18). The highest BCUT2D eigenvalue weighted by Gasteiger charge is 2.33. The lowest BCUT2D eigenvalue weighted by atomic mass is 10.2. The summed E-state index contributed by atoms with van der Waals surface area (Å²) >= 11 is 0. The van der Waals surface area contributed by atoms with Crippen molar-refractivity contribution in [1.82, 2.24) is 14.9 Å². The first-order valence-electron chi connectivity index (χ1n) is 7.81. The molecule has 1 aliphatic heterocycles. The van der Waals surface area contributed by atoms with Crippen LogP contribution in [0.15, 0.2) is 12.3 Å². The normalized spacial score (nSPS) is 27.5. The van der Waals surface area contributed by atoms with E-state index in [2.05, 4.69) is 20.2 Å². The summed E-state index contributed by atoms with van der Waals surface area (Å²) in [5.41, 5.74) is 0. The van der Waals surface area contributed by atoms with E-state index < -0.39 is 0 Å². The van der Waals surface area contributed by atoms with Crippen LogP contribution < -0.4 is 5.32 Å². The maximum atomic E-state index is 5.85. The van der Waals surface area contributed by atoms with Gasteiger partial charge in [-0.05, 0) is 31.7 Å². The number of anilines is 1. The van der Waals surface area contributed by atoms with Crippen molar-refractivity contribution in [2.24, 2.45) is 0 Å². The SMILES string of the molecule is c1cc(NCC2CN(C3CC3)CCO2)nc(C2CC2)n1. The Hall–Kier alpha value is -1.20. The molecule has 3 aliphatic rings. The smallest absolute Gasteiger partial charge is 0.133 e. The Balaban J connectivity index is 1.31. The molecule has 1 N–H and O–H groups in total. The molecule has 5 nitrogen and oxygen atoms in total. The largest absolute Gasteiger partial charge is 0.374 e. The molecule has 0 radical (unpaired) electrons. The molecule has 5 heteroatoms. The van der Waals surface area contributed by atoms with Gasteiger partial charge in [-0.1, -0.05) is 0 Å². The number of hydrogen-bond donors (Lipinski definition) is 1. The Morgan fingerprint density at radius 1 is 1.30 bits per heavy atom. The van der Waals surface area contributed by atoms with Gasteiger partial charge in [0.25, 0.3) is 0 Å². The molecule has 2 heterocycles. The molecule has 0 amide bonds. The van der Waals surface area contributed by atoms with Gasteiger partial charge in [-0.2, -0.15) is 0 Å². The van der Waals surface area contributed by atoms with Crippen LogP contribution in [0.3, 0.4) is 0 Å². The van der Waals surface area contributed by atoms with Crippen LogP contribution in [0.1, 0.15) is 37.4 Å². The van der Waals surface area contributed by atoms with E-state index in [-0.39, 0.29) is 6.10 Å². The Labute approximate surface area is 119 Å². The molecule has 1 aromatic heterocycles. The predicted molar refractivity (Wildman–Crippen MR) is 76.8 cm³/mol. The molecule has 3 fully saturated rings. The minimum Gasteiger partial charge on any atom is -0.374 e. The van der Waals surface area contributed by atoms with Crippen LogP contribution in [0.2, 0.25) is 0 Å². The Morgan fingerprint density at radius 2 is 2.20 bits per heavy atom. The summed E-state index contributed by atoms with van der Waals surface area (Å²) in [4.78, 5) is 11.5. The highest BCUT2D eigenvalue weighted by atomic mass is 16.5. The third kappa shape index (κ3) is 2.94. The number of nitrogens with one attached hydrogen (secondary N) is 1. The maximum absolute atomic E-state index is 5.85. The molecule has 2 aliphatic carbocycles. The van der Waals surface area contributed by atoms with E-state index in [0.29, 0.717) is 5.92 Å². The highest BCUT2D eigenvalue weighted by molar-refractivity contribution is 5.34. The first kappa shape index (κ1) is 12.5. The van der Waals surface area contributed by atoms with Crippen LogP contribution in [0.5, 0.6) is 0 Å². The Bertz CT molecular complexity index is 473. The molecule has 1 atom stereocenters. The van der Waals surface area contributed by atoms with Crippen molar-refractivity contribution in [3.63, 3.8) is 0 Å². The first-order chi connectivity index (χ1) is 9.88. The third-order valence-electron chi connectivity index (χ3n) is 4.36. The van der Waals surface area contributed by atoms with Gasteiger partial charge in [0.1, 0.15) is 11.6 Å². The average molecular weight is 274 g/mol. The van der Waals surface area contributed by atoms with Crippen LogP contribution >= 0.6 is 0 Å². The van der Waals surface area contributed by atoms with Gasteiger partial charge in [-0.3, -0.25) is 4.90 Å². The van der Waals surface area contributed by atoms with Crippen LogP contribution in [0.4, 0.5) is 5.82 Å². The topological polar surface area (TPSA) is 50.3 Å². The second kappa shape index (κ2) is 5.30. The lowest BCUT2D eigenvalue weighted by Crippen LogP contribution is -2.46. The maximum Gasteiger partial charge on any atom is 0.133 e. The number of ether oxygens (including phenoxy) is 1. The number of hydrogen-bond acceptors (Lipinski definition) is 5. The second-order valence-electron chi connectivity index (χ2n) is 6.17. The van der Waals surface area contributed by atoms with Crippen molar-refractivity contribution < 1.29 is 4.74 Å². The molecule has 2 saturated carbocycles. The van der Waals surface area contributed by atoms with E-state index in [9.17, 15) is 0 Å². The monoisotopic (exact) mass is 274 g/mol. The summed E-state index contributed by atoms with van der Waals surface area (Å²) < 4.78 is 5.85. The third-order valence-corrected chi connectivity index (χ3v) is 4.36. The number of morpholine rings is 1. The molecule has 1 saturated heterocycles. The first-order valence-corrected chi connectivity index (χ1v) is 7.81. The molecule has 1 unspecified atom stereocenters. The summed E-state index contributed by atoms with van der Waals surface area (Å²) in [6.07, 6.45) is 7.37. The van der Waals surface area contributed by atoms with Crippen molar-refractivity contribution in [1.29, 1.82) is 0 Å². The summed E-state index contributed by atoms with van der Waals surface area (Å²) in [6, 6.07) is 2.79. The van der Waals surface area contributed by atoms with Gasteiger partial charge in [-0.15, -0.1) is 0 Å². The number of aromatic nitrogens is 2. The van der Waals surface area contributed by atoms with Gasteiger partial charge < -0.3 is 10.1 Å². The molecule has 108 valence electrons. The number of rotatable bonds is 5. The summed E-state index contributed by atoms with van der Waals surface area (Å²) in [7, 11) is 0. The fraction of sp³-hybridized carbons (Fsp3) is 0.733. The summed E-state index contributed by atoms with van der Waals surface area (Å²) in [6.45, 7) is 3.85. The lowest BCUT2D eigenvalue weighted by Gasteiger charge is -2.33. The quantitative estimate of drug-likeness (QED) is 0.884. The molecule has 1 aromatic rings. The van der Waals surface area contributed by atoms with Crippen molar-refractivity contribution in [3.8, 4) is 0 Å². The fourth-order valence-corrected chi connectivity index (χ4v) is 2.87. The van der Waals surface area contributed by atoms with Gasteiger partial charge in [0, 0.05) is 37.8 Å². The fourth-order valence-electron chi connectivity index (χ4n) is 2.87. The Morgan fingerprint density at radius 3 is 3.00 bits per heavy atom. The molecule has 4 rings (SSSR count). The van der Waals surface area contributed by atoms with Gasteiger partial charge in [-0.25, -0.2) is 9.97 Å². The molecule has 0 spiro atoms. The summed E-state index contributed by atoms with van der Waals surface area (Å²) in [5, 5.41) is 3.41. The zero-order chi connectivity index (χ0) is 13.4. The van der Waals surface area contributed by atoms with Gasteiger partial charge in [0.05, 0.1) is 12.7 Å². The minimum atomic E-state index is 0.281. The van der Waals surface area contributed by atoms with Crippen molar-refractivity contribution in [2.45, 2.75) is 43.7 Å². The van der Waals surface area contributed by atoms with Crippen molar-refractivity contribution in [3.05, 3.63) is 18.1 Å². The number of nitrogens with zero attached hydrogens (tertiary/aromatic N) is 3. The molecule has 0 aromatic carbocycles. The van der Waals surface area contributed by atoms with E-state index in [1.54, 1.807) is 0 Å². The molecule has 20 heavy (non-hydrogen) atoms. The average Bonchev–Trinajstić information content (AvgIpc) is 3.39. The van der Waals surface area contributed by atoms with Crippen molar-refractivity contribution >= 4 is 5.82 Å². The van der Waals surface area contributed by atoms with E-state index in [1.165, 1.54) is 25.7 Å². The van der Waals surface area contributed by atoms with E-state index in [4.69, 9.17) is 4.74 Å². The van der Waals surface area contributed by atoms with Crippen LogP contribution in [0.25, 0.3) is 0 Å². The minimum absolute atomic E-state index is 0.281. The van der Waals surface area contributed by atoms with E-state index in [0.717, 1.165) is 43.9 Å². The van der Waals surface area contributed by atoms with Gasteiger partial charge in [0.15, 0.2) is 0 Å². The molecular weight excluding hydrogens is 252 g/mol. The lowest BCUT2D eigenvalue weighted by molar-refractivity contribution is -0.0241. The zero-order valence-electron chi connectivity index (χ0n) is 11.8. The second-order valence-corrected chi connectivity index (χ2v) is 6.17. The van der Waals surface area contributed by atoms with Crippen LogP contribution in [-0.4, -0.2) is 53.3 Å². The zero-order valence-corrected chi connectivity index (χ0v) is 11.8. The Kier molecular flexibility index (Phi) is 3.32. The van der Waals surface area contributed by atoms with Crippen LogP contribution in [-0.2, 0) is 4.74 Å².